The van der Waals surface area contributed by atoms with E-state index >= 15 is 0 Å². The summed E-state index contributed by atoms with van der Waals surface area (Å²) in [7, 11) is 0. The summed E-state index contributed by atoms with van der Waals surface area (Å²) in [6.45, 7) is 0.595. The summed E-state index contributed by atoms with van der Waals surface area (Å²) < 4.78 is 0. The first-order chi connectivity index (χ1) is 9.61. The van der Waals surface area contributed by atoms with Crippen LogP contribution in [0.2, 0.25) is 0 Å². The van der Waals surface area contributed by atoms with Crippen LogP contribution in [0, 0.1) is 0 Å². The molecule has 0 aromatic carbocycles. The van der Waals surface area contributed by atoms with Crippen molar-refractivity contribution in [2.24, 2.45) is 0 Å². The molecule has 2 rings (SSSR count). The molecule has 1 aliphatic heterocycles. The second-order valence-electron chi connectivity index (χ2n) is 4.63. The van der Waals surface area contributed by atoms with E-state index < -0.39 is 5.97 Å². The lowest BCUT2D eigenvalue weighted by atomic mass is 10.2. The standard InChI is InChI=1S/C14H16N2O4/c17-9-11-2-1-7-16(11)14(20)12-5-3-10(8-15-12)4-6-13(18)19/h3-6,8,11,17H,1-2,7,9H2,(H,18,19). The summed E-state index contributed by atoms with van der Waals surface area (Å²) in [5, 5.41) is 17.7. The third kappa shape index (κ3) is 3.21. The summed E-state index contributed by atoms with van der Waals surface area (Å²) in [6.07, 6.45) is 5.57. The fourth-order valence-electron chi connectivity index (χ4n) is 2.24. The molecule has 0 bridgehead atoms. The van der Waals surface area contributed by atoms with Crippen LogP contribution in [-0.4, -0.2) is 51.2 Å². The Kier molecular flexibility index (Phi) is 4.47. The van der Waals surface area contributed by atoms with Gasteiger partial charge in [-0.2, -0.15) is 0 Å². The summed E-state index contributed by atoms with van der Waals surface area (Å²) in [4.78, 5) is 28.3. The smallest absolute Gasteiger partial charge is 0.328 e. The first kappa shape index (κ1) is 14.2. The van der Waals surface area contributed by atoms with Crippen molar-refractivity contribution in [3.63, 3.8) is 0 Å². The van der Waals surface area contributed by atoms with Gasteiger partial charge in [0.2, 0.25) is 0 Å². The van der Waals surface area contributed by atoms with Crippen LogP contribution in [0.5, 0.6) is 0 Å². The minimum Gasteiger partial charge on any atom is -0.478 e. The van der Waals surface area contributed by atoms with Crippen LogP contribution in [-0.2, 0) is 4.79 Å². The van der Waals surface area contributed by atoms with Gasteiger partial charge in [-0.05, 0) is 30.5 Å². The molecule has 106 valence electrons. The predicted octanol–water partition coefficient (Wildman–Crippen LogP) is 0.776. The summed E-state index contributed by atoms with van der Waals surface area (Å²) in [5.74, 6) is -1.23. The molecular weight excluding hydrogens is 260 g/mol. The Labute approximate surface area is 116 Å². The Morgan fingerprint density at radius 3 is 2.85 bits per heavy atom. The number of aliphatic hydroxyl groups is 1. The van der Waals surface area contributed by atoms with Crippen LogP contribution < -0.4 is 0 Å². The van der Waals surface area contributed by atoms with Crippen molar-refractivity contribution in [3.8, 4) is 0 Å². The number of hydrogen-bond donors (Lipinski definition) is 2. The number of pyridine rings is 1. The molecule has 6 nitrogen and oxygen atoms in total. The van der Waals surface area contributed by atoms with E-state index in [0.717, 1.165) is 18.9 Å². The first-order valence-electron chi connectivity index (χ1n) is 6.40. The zero-order valence-electron chi connectivity index (χ0n) is 10.9. The van der Waals surface area contributed by atoms with Crippen molar-refractivity contribution in [1.82, 2.24) is 9.88 Å². The molecule has 0 saturated carbocycles. The molecule has 1 aromatic heterocycles. The number of carboxylic acid groups (broad SMARTS) is 1. The maximum Gasteiger partial charge on any atom is 0.328 e. The van der Waals surface area contributed by atoms with E-state index in [1.165, 1.54) is 12.3 Å². The van der Waals surface area contributed by atoms with Crippen molar-refractivity contribution < 1.29 is 19.8 Å². The van der Waals surface area contributed by atoms with Crippen LogP contribution in [0.25, 0.3) is 6.08 Å². The van der Waals surface area contributed by atoms with Crippen LogP contribution in [0.4, 0.5) is 0 Å². The number of aliphatic hydroxyl groups excluding tert-OH is 1. The van der Waals surface area contributed by atoms with E-state index in [-0.39, 0.29) is 18.6 Å². The van der Waals surface area contributed by atoms with Gasteiger partial charge in [-0.3, -0.25) is 9.78 Å². The molecule has 1 fully saturated rings. The Balaban J connectivity index is 2.09. The average molecular weight is 276 g/mol. The number of carbonyl (C=O) groups excluding carboxylic acids is 1. The molecule has 2 N–H and O–H groups in total. The summed E-state index contributed by atoms with van der Waals surface area (Å²) in [5.41, 5.74) is 0.918. The van der Waals surface area contributed by atoms with E-state index in [1.54, 1.807) is 17.0 Å². The minimum absolute atomic E-state index is 0.0365. The van der Waals surface area contributed by atoms with E-state index in [0.29, 0.717) is 17.8 Å². The molecule has 0 spiro atoms. The zero-order chi connectivity index (χ0) is 14.5. The molecule has 1 saturated heterocycles. The van der Waals surface area contributed by atoms with Crippen molar-refractivity contribution in [3.05, 3.63) is 35.7 Å². The Morgan fingerprint density at radius 1 is 1.45 bits per heavy atom. The number of amides is 1. The van der Waals surface area contributed by atoms with Gasteiger partial charge in [0.05, 0.1) is 12.6 Å². The van der Waals surface area contributed by atoms with Crippen molar-refractivity contribution in [2.45, 2.75) is 18.9 Å². The van der Waals surface area contributed by atoms with E-state index in [4.69, 9.17) is 5.11 Å². The fourth-order valence-corrected chi connectivity index (χ4v) is 2.24. The molecule has 2 heterocycles. The van der Waals surface area contributed by atoms with Gasteiger partial charge in [0.25, 0.3) is 5.91 Å². The maximum absolute atomic E-state index is 12.2. The number of rotatable bonds is 4. The lowest BCUT2D eigenvalue weighted by Gasteiger charge is -2.22. The van der Waals surface area contributed by atoms with Crippen LogP contribution in [0.1, 0.15) is 28.9 Å². The molecule has 1 aromatic rings. The van der Waals surface area contributed by atoms with Crippen LogP contribution in [0.3, 0.4) is 0 Å². The highest BCUT2D eigenvalue weighted by Gasteiger charge is 2.29. The molecule has 0 aliphatic carbocycles. The lowest BCUT2D eigenvalue weighted by Crippen LogP contribution is -2.38. The number of aliphatic carboxylic acids is 1. The number of carboxylic acids is 1. The van der Waals surface area contributed by atoms with Crippen LogP contribution in [0.15, 0.2) is 24.4 Å². The maximum atomic E-state index is 12.2. The van der Waals surface area contributed by atoms with Gasteiger partial charge in [-0.25, -0.2) is 4.79 Å². The largest absolute Gasteiger partial charge is 0.478 e. The molecule has 20 heavy (non-hydrogen) atoms. The second kappa shape index (κ2) is 6.29. The van der Waals surface area contributed by atoms with Gasteiger partial charge in [0.15, 0.2) is 0 Å². The predicted molar refractivity (Wildman–Crippen MR) is 72.1 cm³/mol. The SMILES string of the molecule is O=C(O)C=Cc1ccc(C(=O)N2CCCC2CO)nc1. The number of likely N-dealkylation sites (tertiary alicyclic amines) is 1. The number of aromatic nitrogens is 1. The van der Waals surface area contributed by atoms with Gasteiger partial charge in [-0.15, -0.1) is 0 Å². The Bertz CT molecular complexity index is 524. The average Bonchev–Trinajstić information content (AvgIpc) is 2.93. The van der Waals surface area contributed by atoms with E-state index in [1.807, 2.05) is 0 Å². The van der Waals surface area contributed by atoms with E-state index in [9.17, 15) is 14.7 Å². The number of nitrogens with zero attached hydrogens (tertiary/aromatic N) is 2. The number of carbonyl (C=O) groups is 2. The van der Waals surface area contributed by atoms with Crippen molar-refractivity contribution in [2.75, 3.05) is 13.2 Å². The summed E-state index contributed by atoms with van der Waals surface area (Å²) >= 11 is 0. The highest BCUT2D eigenvalue weighted by Crippen LogP contribution is 2.19. The molecule has 1 atom stereocenters. The monoisotopic (exact) mass is 276 g/mol. The van der Waals surface area contributed by atoms with Gasteiger partial charge in [0, 0.05) is 18.8 Å². The first-order valence-corrected chi connectivity index (χ1v) is 6.40. The van der Waals surface area contributed by atoms with Crippen molar-refractivity contribution in [1.29, 1.82) is 0 Å². The molecule has 6 heteroatoms. The Morgan fingerprint density at radius 2 is 2.25 bits per heavy atom. The molecule has 1 amide bonds. The Hall–Kier alpha value is -2.21. The number of hydrogen-bond acceptors (Lipinski definition) is 4. The molecule has 1 unspecified atom stereocenters. The normalized spacial score (nSPS) is 18.6. The van der Waals surface area contributed by atoms with Gasteiger partial charge in [0.1, 0.15) is 5.69 Å². The zero-order valence-corrected chi connectivity index (χ0v) is 10.9. The quantitative estimate of drug-likeness (QED) is 0.793. The van der Waals surface area contributed by atoms with Crippen molar-refractivity contribution >= 4 is 18.0 Å². The third-order valence-electron chi connectivity index (χ3n) is 3.27. The van der Waals surface area contributed by atoms with Crippen LogP contribution >= 0.6 is 0 Å². The summed E-state index contributed by atoms with van der Waals surface area (Å²) in [6, 6.07) is 3.08. The highest BCUT2D eigenvalue weighted by molar-refractivity contribution is 5.93. The highest BCUT2D eigenvalue weighted by atomic mass is 16.4. The third-order valence-corrected chi connectivity index (χ3v) is 3.27. The van der Waals surface area contributed by atoms with Gasteiger partial charge >= 0.3 is 5.97 Å². The lowest BCUT2D eigenvalue weighted by molar-refractivity contribution is -0.131. The molecule has 0 radical (unpaired) electrons. The fraction of sp³-hybridized carbons (Fsp3) is 0.357. The second-order valence-corrected chi connectivity index (χ2v) is 4.63. The molecular formula is C14H16N2O4. The molecule has 1 aliphatic rings. The minimum atomic E-state index is -1.03. The van der Waals surface area contributed by atoms with Gasteiger partial charge < -0.3 is 15.1 Å². The van der Waals surface area contributed by atoms with Gasteiger partial charge in [-0.1, -0.05) is 6.07 Å². The van der Waals surface area contributed by atoms with E-state index in [2.05, 4.69) is 4.98 Å². The topological polar surface area (TPSA) is 90.7 Å².